The minimum absolute atomic E-state index is 0.00824. The smallest absolute Gasteiger partial charge is 0.226 e. The largest absolute Gasteiger partial charge is 0.392 e. The van der Waals surface area contributed by atoms with Gasteiger partial charge < -0.3 is 5.11 Å². The third kappa shape index (κ3) is 5.58. The lowest BCUT2D eigenvalue weighted by Gasteiger charge is -2.06. The predicted molar refractivity (Wildman–Crippen MR) is 67.8 cm³/mol. The van der Waals surface area contributed by atoms with Gasteiger partial charge in [0.15, 0.2) is 14.9 Å². The molecule has 0 unspecified atom stereocenters. The van der Waals surface area contributed by atoms with Crippen LogP contribution in [0.3, 0.4) is 0 Å². The fourth-order valence-corrected chi connectivity index (χ4v) is 4.33. The highest BCUT2D eigenvalue weighted by atomic mass is 32.3. The van der Waals surface area contributed by atoms with Crippen molar-refractivity contribution in [2.24, 2.45) is 0 Å². The van der Waals surface area contributed by atoms with Crippen LogP contribution in [0.5, 0.6) is 0 Å². The molecule has 18 heavy (non-hydrogen) atoms. The van der Waals surface area contributed by atoms with Crippen LogP contribution in [0.1, 0.15) is 11.1 Å². The van der Waals surface area contributed by atoms with Crippen LogP contribution in [0.2, 0.25) is 0 Å². The van der Waals surface area contributed by atoms with Crippen molar-refractivity contribution < 1.29 is 21.9 Å². The summed E-state index contributed by atoms with van der Waals surface area (Å²) in [5, 5.41) is 7.99. The average Bonchev–Trinajstić information content (AvgIpc) is 2.24. The third-order valence-corrected chi connectivity index (χ3v) is 5.58. The van der Waals surface area contributed by atoms with Gasteiger partial charge in [-0.3, -0.25) is 0 Å². The van der Waals surface area contributed by atoms with Crippen molar-refractivity contribution in [1.82, 2.24) is 4.72 Å². The Bertz CT molecular complexity index is 607. The van der Waals surface area contributed by atoms with E-state index in [1.54, 1.807) is 24.3 Å². The molecule has 1 rings (SSSR count). The molecule has 0 aliphatic heterocycles. The molecule has 0 aliphatic rings. The summed E-state index contributed by atoms with van der Waals surface area (Å²) in [6, 6.07) is 6.71. The van der Waals surface area contributed by atoms with E-state index in [0.717, 1.165) is 6.26 Å². The summed E-state index contributed by atoms with van der Waals surface area (Å²) in [7, 11) is -7.45. The van der Waals surface area contributed by atoms with E-state index in [0.29, 0.717) is 11.1 Å². The molecule has 0 bridgehead atoms. The number of sulfone groups is 1. The van der Waals surface area contributed by atoms with E-state index in [1.807, 2.05) is 0 Å². The van der Waals surface area contributed by atoms with E-state index in [2.05, 4.69) is 4.72 Å². The first-order chi connectivity index (χ1) is 8.22. The Hall–Kier alpha value is -0.960. The fraction of sp³-hybridized carbons (Fsp3) is 0.400. The summed E-state index contributed by atoms with van der Waals surface area (Å²) in [6.07, 6.45) is 0.860. The number of aliphatic hydroxyl groups is 1. The number of hydrogen-bond acceptors (Lipinski definition) is 5. The maximum absolute atomic E-state index is 11.4. The first-order valence-electron chi connectivity index (χ1n) is 5.05. The summed E-state index contributed by atoms with van der Waals surface area (Å²) in [5.74, 6) is 0. The quantitative estimate of drug-likeness (QED) is 0.743. The topological polar surface area (TPSA) is 101 Å². The number of benzene rings is 1. The first kappa shape index (κ1) is 15.1. The molecule has 102 valence electrons. The molecular weight excluding hydrogens is 278 g/mol. The van der Waals surface area contributed by atoms with Crippen molar-refractivity contribution in [2.75, 3.05) is 11.3 Å². The highest BCUT2D eigenvalue weighted by molar-refractivity contribution is 8.06. The Balaban J connectivity index is 2.70. The Morgan fingerprint density at radius 1 is 1.17 bits per heavy atom. The molecule has 0 saturated carbocycles. The zero-order valence-corrected chi connectivity index (χ0v) is 11.5. The number of nitrogens with one attached hydrogen (secondary N) is 1. The lowest BCUT2D eigenvalue weighted by molar-refractivity contribution is 0.281. The minimum Gasteiger partial charge on any atom is -0.392 e. The zero-order chi connectivity index (χ0) is 13.8. The van der Waals surface area contributed by atoms with Crippen LogP contribution in [0.4, 0.5) is 0 Å². The van der Waals surface area contributed by atoms with E-state index >= 15 is 0 Å². The Morgan fingerprint density at radius 2 is 1.78 bits per heavy atom. The maximum atomic E-state index is 11.4. The lowest BCUT2D eigenvalue weighted by atomic mass is 10.1. The van der Waals surface area contributed by atoms with Gasteiger partial charge in [0.2, 0.25) is 10.0 Å². The van der Waals surface area contributed by atoms with E-state index in [-0.39, 0.29) is 13.2 Å². The number of sulfonamides is 1. The van der Waals surface area contributed by atoms with Gasteiger partial charge in [-0.1, -0.05) is 24.3 Å². The summed E-state index contributed by atoms with van der Waals surface area (Å²) in [5.41, 5.74) is 1.31. The zero-order valence-electron chi connectivity index (χ0n) is 9.83. The molecule has 1 aromatic carbocycles. The van der Waals surface area contributed by atoms with Crippen LogP contribution in [0.15, 0.2) is 24.3 Å². The monoisotopic (exact) mass is 293 g/mol. The van der Waals surface area contributed by atoms with Gasteiger partial charge in [-0.15, -0.1) is 0 Å². The van der Waals surface area contributed by atoms with Crippen molar-refractivity contribution in [2.45, 2.75) is 13.2 Å². The second kappa shape index (κ2) is 5.79. The lowest BCUT2D eigenvalue weighted by Crippen LogP contribution is -2.29. The van der Waals surface area contributed by atoms with E-state index in [4.69, 9.17) is 5.11 Å². The molecule has 0 spiro atoms. The summed E-state index contributed by atoms with van der Waals surface area (Å²) < 4.78 is 46.9. The first-order valence-corrected chi connectivity index (χ1v) is 8.77. The van der Waals surface area contributed by atoms with Crippen molar-refractivity contribution >= 4 is 19.9 Å². The van der Waals surface area contributed by atoms with Crippen molar-refractivity contribution in [3.8, 4) is 0 Å². The Kier molecular flexibility index (Phi) is 4.85. The van der Waals surface area contributed by atoms with E-state index in [9.17, 15) is 16.8 Å². The van der Waals surface area contributed by atoms with Crippen LogP contribution < -0.4 is 4.72 Å². The van der Waals surface area contributed by atoms with Crippen LogP contribution in [0.25, 0.3) is 0 Å². The van der Waals surface area contributed by atoms with Gasteiger partial charge in [-0.05, 0) is 11.1 Å². The molecule has 0 aromatic heterocycles. The Morgan fingerprint density at radius 3 is 2.33 bits per heavy atom. The van der Waals surface area contributed by atoms with Crippen LogP contribution in [0, 0.1) is 0 Å². The highest BCUT2D eigenvalue weighted by Crippen LogP contribution is 2.05. The molecule has 1 aromatic rings. The molecule has 2 N–H and O–H groups in total. The number of rotatable bonds is 6. The van der Waals surface area contributed by atoms with Gasteiger partial charge >= 0.3 is 0 Å². The van der Waals surface area contributed by atoms with Crippen molar-refractivity contribution in [1.29, 1.82) is 0 Å². The molecule has 0 atom stereocenters. The van der Waals surface area contributed by atoms with E-state index in [1.165, 1.54) is 0 Å². The van der Waals surface area contributed by atoms with Gasteiger partial charge in [0.05, 0.1) is 6.61 Å². The van der Waals surface area contributed by atoms with Gasteiger partial charge in [-0.2, -0.15) is 0 Å². The molecule has 0 heterocycles. The molecular formula is C10H15NO5S2. The predicted octanol–water partition coefficient (Wildman–Crippen LogP) is -0.400. The fourth-order valence-electron chi connectivity index (χ4n) is 1.35. The van der Waals surface area contributed by atoms with Crippen LogP contribution >= 0.6 is 0 Å². The van der Waals surface area contributed by atoms with Gasteiger partial charge in [0.25, 0.3) is 0 Å². The maximum Gasteiger partial charge on any atom is 0.226 e. The van der Waals surface area contributed by atoms with Crippen molar-refractivity contribution in [3.05, 3.63) is 35.4 Å². The normalized spacial score (nSPS) is 12.6. The Labute approximate surface area is 107 Å². The molecule has 8 heteroatoms. The average molecular weight is 293 g/mol. The second-order valence-electron chi connectivity index (χ2n) is 3.96. The van der Waals surface area contributed by atoms with Gasteiger partial charge in [0, 0.05) is 12.8 Å². The molecule has 0 amide bonds. The van der Waals surface area contributed by atoms with Gasteiger partial charge in [0.1, 0.15) is 0 Å². The summed E-state index contributed by atoms with van der Waals surface area (Å²) >= 11 is 0. The number of aliphatic hydroxyl groups excluding tert-OH is 1. The minimum atomic E-state index is -3.86. The SMILES string of the molecule is CS(=O)(=O)CS(=O)(=O)NCc1cccc(CO)c1. The molecule has 0 saturated heterocycles. The molecule has 6 nitrogen and oxygen atoms in total. The van der Waals surface area contributed by atoms with E-state index < -0.39 is 24.9 Å². The molecule has 0 fully saturated rings. The summed E-state index contributed by atoms with van der Waals surface area (Å²) in [6.45, 7) is -0.143. The second-order valence-corrected chi connectivity index (χ2v) is 8.27. The summed E-state index contributed by atoms with van der Waals surface area (Å²) in [4.78, 5) is 0. The highest BCUT2D eigenvalue weighted by Gasteiger charge is 2.17. The third-order valence-electron chi connectivity index (χ3n) is 2.04. The van der Waals surface area contributed by atoms with Crippen LogP contribution in [-0.2, 0) is 33.0 Å². The molecule has 0 radical (unpaired) electrons. The molecule has 0 aliphatic carbocycles. The van der Waals surface area contributed by atoms with Crippen LogP contribution in [-0.4, -0.2) is 33.3 Å². The standard InChI is InChI=1S/C10H15NO5S2/c1-17(13,14)8-18(15,16)11-6-9-3-2-4-10(5-9)7-12/h2-5,11-12H,6-8H2,1H3. The van der Waals surface area contributed by atoms with Crippen molar-refractivity contribution in [3.63, 3.8) is 0 Å². The number of hydrogen-bond donors (Lipinski definition) is 2. The van der Waals surface area contributed by atoms with Gasteiger partial charge in [-0.25, -0.2) is 21.6 Å².